The van der Waals surface area contributed by atoms with Crippen molar-refractivity contribution in [1.29, 1.82) is 0 Å². The zero-order valence-corrected chi connectivity index (χ0v) is 14.3. The van der Waals surface area contributed by atoms with E-state index in [1.54, 1.807) is 18.2 Å². The van der Waals surface area contributed by atoms with Gasteiger partial charge >= 0.3 is 0 Å². The van der Waals surface area contributed by atoms with Gasteiger partial charge in [-0.25, -0.2) is 8.42 Å². The number of sulfonamides is 1. The standard InChI is InChI=1S/C17H25NO4S/c1-2-6-15(19)13-18(12-11-17(20)14-9-10-14)23(21,22)16-7-4-3-5-8-16/h3-5,7-8,14,17,20H,2,6,9-13H2,1H3. The second-order valence-electron chi connectivity index (χ2n) is 6.13. The van der Waals surface area contributed by atoms with Crippen LogP contribution in [0.2, 0.25) is 0 Å². The highest BCUT2D eigenvalue weighted by Crippen LogP contribution is 2.34. The lowest BCUT2D eigenvalue weighted by Gasteiger charge is -2.23. The third kappa shape index (κ3) is 5.12. The Morgan fingerprint density at radius 2 is 1.96 bits per heavy atom. The van der Waals surface area contributed by atoms with Gasteiger partial charge in [0, 0.05) is 13.0 Å². The molecule has 0 spiro atoms. The molecule has 0 radical (unpaired) electrons. The summed E-state index contributed by atoms with van der Waals surface area (Å²) in [4.78, 5) is 12.1. The number of aliphatic hydroxyl groups excluding tert-OH is 1. The average molecular weight is 339 g/mol. The molecule has 1 atom stereocenters. The minimum atomic E-state index is -3.71. The number of carbonyl (C=O) groups is 1. The normalized spacial score (nSPS) is 16.5. The number of aliphatic hydroxyl groups is 1. The molecule has 1 N–H and O–H groups in total. The minimum absolute atomic E-state index is 0.0899. The van der Waals surface area contributed by atoms with Crippen molar-refractivity contribution >= 4 is 15.8 Å². The van der Waals surface area contributed by atoms with Crippen molar-refractivity contribution in [1.82, 2.24) is 4.31 Å². The van der Waals surface area contributed by atoms with Crippen LogP contribution in [0, 0.1) is 5.92 Å². The highest BCUT2D eigenvalue weighted by Gasteiger charge is 2.32. The molecule has 1 saturated carbocycles. The van der Waals surface area contributed by atoms with Crippen molar-refractivity contribution in [3.05, 3.63) is 30.3 Å². The minimum Gasteiger partial charge on any atom is -0.393 e. The van der Waals surface area contributed by atoms with Gasteiger partial charge in [0.15, 0.2) is 0 Å². The molecular weight excluding hydrogens is 314 g/mol. The monoisotopic (exact) mass is 339 g/mol. The van der Waals surface area contributed by atoms with E-state index in [1.165, 1.54) is 16.4 Å². The summed E-state index contributed by atoms with van der Waals surface area (Å²) in [6, 6.07) is 8.15. The van der Waals surface area contributed by atoms with Gasteiger partial charge in [0.1, 0.15) is 5.78 Å². The van der Waals surface area contributed by atoms with E-state index in [0.717, 1.165) is 12.8 Å². The molecule has 0 aromatic heterocycles. The maximum atomic E-state index is 12.8. The first-order valence-corrected chi connectivity index (χ1v) is 9.64. The van der Waals surface area contributed by atoms with Crippen molar-refractivity contribution in [2.24, 2.45) is 5.92 Å². The molecule has 0 bridgehead atoms. The van der Waals surface area contributed by atoms with E-state index in [0.29, 0.717) is 25.2 Å². The number of hydrogen-bond donors (Lipinski definition) is 1. The summed E-state index contributed by atoms with van der Waals surface area (Å²) in [5.74, 6) is 0.204. The highest BCUT2D eigenvalue weighted by atomic mass is 32.2. The van der Waals surface area contributed by atoms with Gasteiger partial charge in [0.25, 0.3) is 0 Å². The molecular formula is C17H25NO4S. The predicted molar refractivity (Wildman–Crippen MR) is 88.5 cm³/mol. The Balaban J connectivity index is 2.12. The summed E-state index contributed by atoms with van der Waals surface area (Å²) in [6.07, 6.45) is 2.96. The smallest absolute Gasteiger partial charge is 0.243 e. The van der Waals surface area contributed by atoms with Gasteiger partial charge in [-0.3, -0.25) is 4.79 Å². The van der Waals surface area contributed by atoms with Gasteiger partial charge in [-0.1, -0.05) is 25.1 Å². The van der Waals surface area contributed by atoms with Crippen LogP contribution in [0.4, 0.5) is 0 Å². The quantitative estimate of drug-likeness (QED) is 0.709. The van der Waals surface area contributed by atoms with Crippen LogP contribution in [0.15, 0.2) is 35.2 Å². The first-order chi connectivity index (χ1) is 10.9. The molecule has 1 fully saturated rings. The van der Waals surface area contributed by atoms with Crippen molar-refractivity contribution in [2.75, 3.05) is 13.1 Å². The zero-order chi connectivity index (χ0) is 16.9. The van der Waals surface area contributed by atoms with Gasteiger partial charge in [-0.15, -0.1) is 0 Å². The Morgan fingerprint density at radius 1 is 1.30 bits per heavy atom. The van der Waals surface area contributed by atoms with Crippen molar-refractivity contribution in [2.45, 2.75) is 50.0 Å². The molecule has 128 valence electrons. The van der Waals surface area contributed by atoms with Crippen LogP contribution in [0.5, 0.6) is 0 Å². The predicted octanol–water partition coefficient (Wildman–Crippen LogP) is 2.21. The molecule has 23 heavy (non-hydrogen) atoms. The topological polar surface area (TPSA) is 74.7 Å². The Hall–Kier alpha value is -1.24. The van der Waals surface area contributed by atoms with E-state index < -0.39 is 16.1 Å². The lowest BCUT2D eigenvalue weighted by molar-refractivity contribution is -0.119. The molecule has 1 aromatic carbocycles. The third-order valence-corrected chi connectivity index (χ3v) is 5.96. The summed E-state index contributed by atoms with van der Waals surface area (Å²) in [6.45, 7) is 1.94. The van der Waals surface area contributed by atoms with Gasteiger partial charge in [-0.2, -0.15) is 4.31 Å². The lowest BCUT2D eigenvalue weighted by Crippen LogP contribution is -2.37. The highest BCUT2D eigenvalue weighted by molar-refractivity contribution is 7.89. The number of Topliss-reactive ketones (excluding diaryl/α,β-unsaturated/α-hetero) is 1. The summed E-state index contributed by atoms with van der Waals surface area (Å²) in [5, 5.41) is 10.0. The number of ketones is 1. The first kappa shape index (κ1) is 18.1. The largest absolute Gasteiger partial charge is 0.393 e. The van der Waals surface area contributed by atoms with Crippen LogP contribution in [-0.4, -0.2) is 42.8 Å². The number of carbonyl (C=O) groups excluding carboxylic acids is 1. The molecule has 0 aliphatic heterocycles. The number of rotatable bonds is 10. The van der Waals surface area contributed by atoms with E-state index in [2.05, 4.69) is 0 Å². The van der Waals surface area contributed by atoms with Crippen LogP contribution < -0.4 is 0 Å². The second kappa shape index (κ2) is 8.04. The average Bonchev–Trinajstić information content (AvgIpc) is 3.37. The molecule has 2 rings (SSSR count). The second-order valence-corrected chi connectivity index (χ2v) is 8.07. The van der Waals surface area contributed by atoms with Gasteiger partial charge in [-0.05, 0) is 43.7 Å². The summed E-state index contributed by atoms with van der Waals surface area (Å²) >= 11 is 0. The van der Waals surface area contributed by atoms with Crippen LogP contribution in [0.1, 0.15) is 39.0 Å². The Labute approximate surface area is 138 Å². The number of benzene rings is 1. The molecule has 0 heterocycles. The zero-order valence-electron chi connectivity index (χ0n) is 13.5. The lowest BCUT2D eigenvalue weighted by atomic mass is 10.1. The van der Waals surface area contributed by atoms with Crippen molar-refractivity contribution < 1.29 is 18.3 Å². The SMILES string of the molecule is CCCC(=O)CN(CCC(O)C1CC1)S(=O)(=O)c1ccccc1. The maximum absolute atomic E-state index is 12.8. The Kier molecular flexibility index (Phi) is 6.33. The van der Waals surface area contributed by atoms with Crippen molar-refractivity contribution in [3.8, 4) is 0 Å². The number of hydrogen-bond acceptors (Lipinski definition) is 4. The fourth-order valence-electron chi connectivity index (χ4n) is 2.57. The molecule has 1 aliphatic carbocycles. The molecule has 0 amide bonds. The van der Waals surface area contributed by atoms with Crippen LogP contribution in [0.25, 0.3) is 0 Å². The fourth-order valence-corrected chi connectivity index (χ4v) is 4.03. The first-order valence-electron chi connectivity index (χ1n) is 8.20. The molecule has 1 aromatic rings. The van der Waals surface area contributed by atoms with E-state index in [4.69, 9.17) is 0 Å². The fraction of sp³-hybridized carbons (Fsp3) is 0.588. The maximum Gasteiger partial charge on any atom is 0.243 e. The van der Waals surface area contributed by atoms with Crippen molar-refractivity contribution in [3.63, 3.8) is 0 Å². The Bertz CT molecular complexity index is 611. The van der Waals surface area contributed by atoms with E-state index in [9.17, 15) is 18.3 Å². The summed E-state index contributed by atoms with van der Waals surface area (Å²) < 4.78 is 26.7. The molecule has 1 aliphatic rings. The van der Waals surface area contributed by atoms with Gasteiger partial charge < -0.3 is 5.11 Å². The molecule has 6 heteroatoms. The molecule has 1 unspecified atom stereocenters. The van der Waals surface area contributed by atoms with Gasteiger partial charge in [0.2, 0.25) is 10.0 Å². The molecule has 5 nitrogen and oxygen atoms in total. The summed E-state index contributed by atoms with van der Waals surface area (Å²) in [7, 11) is -3.71. The molecule has 0 saturated heterocycles. The van der Waals surface area contributed by atoms with E-state index in [1.807, 2.05) is 6.92 Å². The van der Waals surface area contributed by atoms with E-state index >= 15 is 0 Å². The number of nitrogens with zero attached hydrogens (tertiary/aromatic N) is 1. The van der Waals surface area contributed by atoms with E-state index in [-0.39, 0.29) is 23.8 Å². The van der Waals surface area contributed by atoms with Crippen LogP contribution >= 0.6 is 0 Å². The summed E-state index contributed by atoms with van der Waals surface area (Å²) in [5.41, 5.74) is 0. The third-order valence-electron chi connectivity index (χ3n) is 4.10. The van der Waals surface area contributed by atoms with Crippen LogP contribution in [-0.2, 0) is 14.8 Å². The van der Waals surface area contributed by atoms with Gasteiger partial charge in [0.05, 0.1) is 17.5 Å². The van der Waals surface area contributed by atoms with Crippen LogP contribution in [0.3, 0.4) is 0 Å². The Morgan fingerprint density at radius 3 is 2.52 bits per heavy atom.